The quantitative estimate of drug-likeness (QED) is 0.465. The van der Waals surface area contributed by atoms with Crippen LogP contribution in [0.1, 0.15) is 79.1 Å². The summed E-state index contributed by atoms with van der Waals surface area (Å²) in [5, 5.41) is 38.1. The molecule has 0 bridgehead atoms. The van der Waals surface area contributed by atoms with Crippen molar-refractivity contribution < 1.29 is 60.4 Å². The van der Waals surface area contributed by atoms with Crippen LogP contribution in [0.5, 0.6) is 0 Å². The second-order valence-electron chi connectivity index (χ2n) is 4.23. The average molecular weight is 524 g/mol. The van der Waals surface area contributed by atoms with Crippen molar-refractivity contribution in [3.05, 3.63) is 0 Å². The first-order chi connectivity index (χ1) is 9.66. The molecular weight excluding hydrogens is 488 g/mol. The first kappa shape index (κ1) is 33.7. The molecule has 0 atom stereocenters. The van der Waals surface area contributed by atoms with Gasteiger partial charge in [0, 0.05) is 0 Å². The normalized spacial score (nSPS) is 8.00. The van der Waals surface area contributed by atoms with E-state index in [1.807, 2.05) is 27.7 Å². The van der Waals surface area contributed by atoms with Crippen LogP contribution in [0.3, 0.4) is 0 Å². The summed E-state index contributed by atoms with van der Waals surface area (Å²) in [4.78, 5) is 0. The molecular formula is C16H36O4Th. The zero-order valence-electron chi connectivity index (χ0n) is 14.6. The molecule has 21 heavy (non-hydrogen) atoms. The third-order valence-corrected chi connectivity index (χ3v) is 1.99. The maximum atomic E-state index is 9.53. The van der Waals surface area contributed by atoms with Crippen LogP contribution in [0.2, 0.25) is 0 Å². The number of hydrogen-bond donors (Lipinski definition) is 0. The van der Waals surface area contributed by atoms with E-state index in [9.17, 15) is 20.4 Å². The Morgan fingerprint density at radius 2 is 0.571 bits per heavy atom. The third-order valence-electron chi connectivity index (χ3n) is 1.99. The van der Waals surface area contributed by atoms with E-state index in [1.165, 1.54) is 0 Å². The van der Waals surface area contributed by atoms with Crippen molar-refractivity contribution in [3.63, 3.8) is 0 Å². The van der Waals surface area contributed by atoms with E-state index >= 15 is 0 Å². The van der Waals surface area contributed by atoms with Crippen molar-refractivity contribution in [2.45, 2.75) is 79.1 Å². The standard InChI is InChI=1S/4C4H9O.Th/c4*1-2-3-4-5;/h4*2-4H2,1H3;/q4*-1;+4. The van der Waals surface area contributed by atoms with Gasteiger partial charge in [0.2, 0.25) is 0 Å². The molecule has 0 aromatic heterocycles. The Hall–Kier alpha value is 1.16. The van der Waals surface area contributed by atoms with Crippen LogP contribution in [0, 0.1) is 39.9 Å². The smallest absolute Gasteiger partial charge is 0.854 e. The Labute approximate surface area is 165 Å². The molecule has 128 valence electrons. The Balaban J connectivity index is -0.0000000533. The summed E-state index contributed by atoms with van der Waals surface area (Å²) < 4.78 is 0. The fourth-order valence-electron chi connectivity index (χ4n) is 0.577. The molecule has 0 amide bonds. The predicted molar refractivity (Wildman–Crippen MR) is 79.1 cm³/mol. The summed E-state index contributed by atoms with van der Waals surface area (Å²) in [5.41, 5.74) is 0. The van der Waals surface area contributed by atoms with Crippen molar-refractivity contribution in [3.8, 4) is 0 Å². The van der Waals surface area contributed by atoms with Gasteiger partial charge in [-0.15, -0.1) is 26.4 Å². The number of hydrogen-bond acceptors (Lipinski definition) is 4. The molecule has 0 radical (unpaired) electrons. The summed E-state index contributed by atoms with van der Waals surface area (Å²) in [5.74, 6) is 0. The molecule has 0 heterocycles. The van der Waals surface area contributed by atoms with Crippen molar-refractivity contribution in [2.75, 3.05) is 26.4 Å². The third kappa shape index (κ3) is 92.6. The van der Waals surface area contributed by atoms with Crippen LogP contribution >= 0.6 is 0 Å². The molecule has 0 spiro atoms. The van der Waals surface area contributed by atoms with Gasteiger partial charge < -0.3 is 20.4 Å². The molecule has 0 rings (SSSR count). The molecule has 0 saturated heterocycles. The molecule has 0 aliphatic carbocycles. The molecule has 0 aromatic rings. The van der Waals surface area contributed by atoms with E-state index in [1.54, 1.807) is 0 Å². The zero-order valence-corrected chi connectivity index (χ0v) is 18.7. The van der Waals surface area contributed by atoms with Crippen molar-refractivity contribution in [1.82, 2.24) is 0 Å². The topological polar surface area (TPSA) is 92.2 Å². The Kier molecular flexibility index (Phi) is 79.7. The summed E-state index contributed by atoms with van der Waals surface area (Å²) >= 11 is 0. The molecule has 4 nitrogen and oxygen atoms in total. The SMILES string of the molecule is CCCC[O-].CCCC[O-].CCCC[O-].CCCC[O-].[Th+4]. The van der Waals surface area contributed by atoms with Gasteiger partial charge in [0.1, 0.15) is 0 Å². The summed E-state index contributed by atoms with van der Waals surface area (Å²) in [6.07, 6.45) is 7.46. The van der Waals surface area contributed by atoms with Crippen LogP contribution in [0.25, 0.3) is 0 Å². The van der Waals surface area contributed by atoms with Crippen LogP contribution in [-0.4, -0.2) is 26.4 Å². The van der Waals surface area contributed by atoms with Gasteiger partial charge >= 0.3 is 39.9 Å². The van der Waals surface area contributed by atoms with Gasteiger partial charge in [0.05, 0.1) is 0 Å². The van der Waals surface area contributed by atoms with E-state index in [-0.39, 0.29) is 66.4 Å². The number of rotatable bonds is 8. The molecule has 5 heteroatoms. The maximum absolute atomic E-state index is 9.53. The van der Waals surface area contributed by atoms with Crippen LogP contribution in [0.4, 0.5) is 0 Å². The van der Waals surface area contributed by atoms with Crippen molar-refractivity contribution >= 4 is 0 Å². The second kappa shape index (κ2) is 49.7. The first-order valence-corrected chi connectivity index (χ1v) is 7.98. The van der Waals surface area contributed by atoms with Crippen LogP contribution in [-0.2, 0) is 0 Å². The van der Waals surface area contributed by atoms with E-state index < -0.39 is 0 Å². The minimum absolute atomic E-state index is 0. The molecule has 0 aliphatic heterocycles. The van der Waals surface area contributed by atoms with Gasteiger partial charge in [-0.3, -0.25) is 0 Å². The zero-order chi connectivity index (χ0) is 16.5. The van der Waals surface area contributed by atoms with Gasteiger partial charge in [-0.2, -0.15) is 0 Å². The summed E-state index contributed by atoms with van der Waals surface area (Å²) in [7, 11) is 0. The maximum Gasteiger partial charge on any atom is 4.00 e. The van der Waals surface area contributed by atoms with Gasteiger partial charge in [0.25, 0.3) is 0 Å². The predicted octanol–water partition coefficient (Wildman–Crippen LogP) is 0.587. The Morgan fingerprint density at radius 1 is 0.429 bits per heavy atom. The fourth-order valence-corrected chi connectivity index (χ4v) is 0.577. The largest absolute Gasteiger partial charge is 4.00 e. The second-order valence-corrected chi connectivity index (χ2v) is 4.23. The van der Waals surface area contributed by atoms with Gasteiger partial charge in [-0.05, 0) is 0 Å². The molecule has 0 saturated carbocycles. The van der Waals surface area contributed by atoms with Gasteiger partial charge in [-0.1, -0.05) is 79.1 Å². The van der Waals surface area contributed by atoms with Crippen LogP contribution in [0.15, 0.2) is 0 Å². The minimum Gasteiger partial charge on any atom is -0.854 e. The molecule has 0 unspecified atom stereocenters. The van der Waals surface area contributed by atoms with E-state index in [0.29, 0.717) is 0 Å². The first-order valence-electron chi connectivity index (χ1n) is 7.98. The van der Waals surface area contributed by atoms with Gasteiger partial charge in [-0.25, -0.2) is 0 Å². The fraction of sp³-hybridized carbons (Fsp3) is 1.00. The number of unbranched alkanes of at least 4 members (excludes halogenated alkanes) is 4. The van der Waals surface area contributed by atoms with E-state index in [4.69, 9.17) is 0 Å². The average Bonchev–Trinajstić information content (AvgIpc) is 2.44. The minimum atomic E-state index is 0. The summed E-state index contributed by atoms with van der Waals surface area (Å²) in [6, 6.07) is 0. The summed E-state index contributed by atoms with van der Waals surface area (Å²) in [6.45, 7) is 8.42. The van der Waals surface area contributed by atoms with Crippen molar-refractivity contribution in [2.24, 2.45) is 0 Å². The molecule has 0 aliphatic rings. The van der Waals surface area contributed by atoms with Crippen LogP contribution < -0.4 is 20.4 Å². The molecule has 0 aromatic carbocycles. The van der Waals surface area contributed by atoms with Gasteiger partial charge in [0.15, 0.2) is 0 Å². The molecule has 0 fully saturated rings. The van der Waals surface area contributed by atoms with E-state index in [0.717, 1.165) is 51.4 Å². The monoisotopic (exact) mass is 524 g/mol. The van der Waals surface area contributed by atoms with Crippen molar-refractivity contribution in [1.29, 1.82) is 0 Å². The Morgan fingerprint density at radius 3 is 0.571 bits per heavy atom. The molecule has 0 N–H and O–H groups in total. The van der Waals surface area contributed by atoms with E-state index in [2.05, 4.69) is 0 Å². The Bertz CT molecular complexity index is 74.3.